The van der Waals surface area contributed by atoms with E-state index >= 15 is 0 Å². The van der Waals surface area contributed by atoms with E-state index in [0.29, 0.717) is 22.3 Å². The lowest BCUT2D eigenvalue weighted by molar-refractivity contribution is -0.144. The van der Waals surface area contributed by atoms with Crippen LogP contribution in [0.15, 0.2) is 53.3 Å². The van der Waals surface area contributed by atoms with Gasteiger partial charge in [0.25, 0.3) is 11.8 Å². The van der Waals surface area contributed by atoms with Crippen LogP contribution in [0.25, 0.3) is 0 Å². The maximum atomic E-state index is 13.9. The Bertz CT molecular complexity index is 1540. The number of aromatic hydroxyl groups is 1. The van der Waals surface area contributed by atoms with Gasteiger partial charge in [-0.2, -0.15) is 0 Å². The number of fused-ring (bicyclic) bond motifs is 3. The molecule has 7 N–H and O–H groups in total. The molecule has 11 heteroatoms. The van der Waals surface area contributed by atoms with E-state index in [4.69, 9.17) is 5.73 Å². The first-order valence-corrected chi connectivity index (χ1v) is 12.9. The normalized spacial score (nSPS) is 24.0. The molecular weight excluding hydrogens is 518 g/mol. The van der Waals surface area contributed by atoms with Gasteiger partial charge in [-0.15, -0.1) is 0 Å². The molecule has 2 amide bonds. The average Bonchev–Trinajstić information content (AvgIpc) is 2.90. The van der Waals surface area contributed by atoms with E-state index in [1.165, 1.54) is 6.20 Å². The predicted molar refractivity (Wildman–Crippen MR) is 140 cm³/mol. The van der Waals surface area contributed by atoms with Crippen LogP contribution in [0.1, 0.15) is 70.0 Å². The molecule has 2 aromatic rings. The standard InChI is InChI=1S/C29H29N3O8/c1-12(2)17-8-15(11-32-28(39)13-4-3-5-31-10-13)18-7-14-6-16-9-19(33)22(27(30)38)26(37)29(16,40)25(36)20(14)24(35)21(18)23(17)34/h3-5,8,10,12,14,16,33-34,36,40H,6-7,9,11H2,1-2H3,(H2,30,38)(H,32,39)/t14-,16+,29+/m1/s1. The molecule has 0 unspecified atom stereocenters. The monoisotopic (exact) mass is 547 g/mol. The van der Waals surface area contributed by atoms with Gasteiger partial charge in [-0.25, -0.2) is 0 Å². The number of carbonyl (C=O) groups is 4. The van der Waals surface area contributed by atoms with Crippen LogP contribution in [-0.4, -0.2) is 54.4 Å². The SMILES string of the molecule is CC(C)c1cc(CNC(=O)c2cccnc2)c2c(c1O)C(=O)C1=C(O)[C@]3(O)C(=O)C(C(N)=O)=C(O)C[C@@H]3C[C@@H]1C2. The second kappa shape index (κ2) is 9.60. The van der Waals surface area contributed by atoms with E-state index in [2.05, 4.69) is 10.3 Å². The summed E-state index contributed by atoms with van der Waals surface area (Å²) in [5, 5.41) is 47.0. The zero-order valence-corrected chi connectivity index (χ0v) is 21.9. The Labute approximate surface area is 229 Å². The summed E-state index contributed by atoms with van der Waals surface area (Å²) in [5.41, 5.74) is 3.37. The second-order valence-electron chi connectivity index (χ2n) is 10.8. The fraction of sp³-hybridized carbons (Fsp3) is 0.345. The number of nitrogens with two attached hydrogens (primary N) is 1. The summed E-state index contributed by atoms with van der Waals surface area (Å²) in [4.78, 5) is 55.5. The molecule has 0 fully saturated rings. The smallest absolute Gasteiger partial charge is 0.255 e. The van der Waals surface area contributed by atoms with Crippen molar-refractivity contribution in [3.05, 3.63) is 81.1 Å². The van der Waals surface area contributed by atoms with Gasteiger partial charge in [0.05, 0.1) is 11.1 Å². The van der Waals surface area contributed by atoms with E-state index < -0.39 is 52.0 Å². The van der Waals surface area contributed by atoms with E-state index in [0.717, 1.165) is 0 Å². The maximum Gasteiger partial charge on any atom is 0.255 e. The van der Waals surface area contributed by atoms with Gasteiger partial charge in [0.15, 0.2) is 11.4 Å². The molecule has 1 aromatic heterocycles. The maximum absolute atomic E-state index is 13.9. The molecule has 5 rings (SSSR count). The number of pyridine rings is 1. The van der Waals surface area contributed by atoms with Gasteiger partial charge in [0.2, 0.25) is 5.78 Å². The number of allylic oxidation sites excluding steroid dienone is 2. The highest BCUT2D eigenvalue weighted by molar-refractivity contribution is 6.24. The number of phenolic OH excluding ortho intramolecular Hbond substituents is 1. The van der Waals surface area contributed by atoms with Crippen molar-refractivity contribution in [2.24, 2.45) is 17.6 Å². The number of carbonyl (C=O) groups excluding carboxylic acids is 4. The highest BCUT2D eigenvalue weighted by Gasteiger charge is 2.59. The summed E-state index contributed by atoms with van der Waals surface area (Å²) in [6.45, 7) is 3.69. The molecule has 1 heterocycles. The summed E-state index contributed by atoms with van der Waals surface area (Å²) in [6, 6.07) is 4.98. The Morgan fingerprint density at radius 1 is 1.20 bits per heavy atom. The minimum Gasteiger partial charge on any atom is -0.511 e. The van der Waals surface area contributed by atoms with Crippen LogP contribution in [0.3, 0.4) is 0 Å². The van der Waals surface area contributed by atoms with E-state index in [9.17, 15) is 39.6 Å². The lowest BCUT2D eigenvalue weighted by Gasteiger charge is -2.45. The molecule has 208 valence electrons. The fourth-order valence-corrected chi connectivity index (χ4v) is 6.16. The number of nitrogens with zero attached hydrogens (tertiary/aromatic N) is 1. The van der Waals surface area contributed by atoms with Crippen LogP contribution < -0.4 is 11.1 Å². The average molecular weight is 548 g/mol. The van der Waals surface area contributed by atoms with Crippen LogP contribution in [0.5, 0.6) is 5.75 Å². The summed E-state index contributed by atoms with van der Waals surface area (Å²) in [7, 11) is 0. The Morgan fingerprint density at radius 2 is 1.93 bits per heavy atom. The van der Waals surface area contributed by atoms with Crippen molar-refractivity contribution in [1.82, 2.24) is 10.3 Å². The molecule has 3 aliphatic rings. The lowest BCUT2D eigenvalue weighted by Crippen LogP contribution is -2.57. The number of primary amides is 1. The minimum atomic E-state index is -2.62. The quantitative estimate of drug-likeness (QED) is 0.303. The van der Waals surface area contributed by atoms with E-state index in [1.807, 2.05) is 13.8 Å². The van der Waals surface area contributed by atoms with Gasteiger partial charge in [-0.05, 0) is 59.6 Å². The zero-order chi connectivity index (χ0) is 29.1. The summed E-state index contributed by atoms with van der Waals surface area (Å²) < 4.78 is 0. The molecule has 0 aliphatic heterocycles. The molecular formula is C29H29N3O8. The van der Waals surface area contributed by atoms with Crippen LogP contribution in [-0.2, 0) is 22.6 Å². The Morgan fingerprint density at radius 3 is 2.55 bits per heavy atom. The summed E-state index contributed by atoms with van der Waals surface area (Å²) >= 11 is 0. The van der Waals surface area contributed by atoms with E-state index in [-0.39, 0.29) is 54.5 Å². The number of Topliss-reactive ketones (excluding diaryl/α,β-unsaturated/α-hetero) is 2. The molecule has 40 heavy (non-hydrogen) atoms. The number of benzene rings is 1. The van der Waals surface area contributed by atoms with Gasteiger partial charge in [-0.1, -0.05) is 13.8 Å². The Kier molecular flexibility index (Phi) is 6.49. The molecule has 0 radical (unpaired) electrons. The molecule has 0 saturated carbocycles. The number of phenols is 1. The third-order valence-electron chi connectivity index (χ3n) is 8.17. The predicted octanol–water partition coefficient (Wildman–Crippen LogP) is 2.03. The third kappa shape index (κ3) is 3.96. The Balaban J connectivity index is 1.60. The van der Waals surface area contributed by atoms with Gasteiger partial charge < -0.3 is 31.5 Å². The van der Waals surface area contributed by atoms with Gasteiger partial charge in [0, 0.05) is 36.9 Å². The molecule has 0 saturated heterocycles. The van der Waals surface area contributed by atoms with Crippen molar-refractivity contribution < 1.29 is 39.6 Å². The number of nitrogens with one attached hydrogen (secondary N) is 1. The number of aliphatic hydroxyl groups is 3. The third-order valence-corrected chi connectivity index (χ3v) is 8.17. The van der Waals surface area contributed by atoms with Crippen molar-refractivity contribution in [1.29, 1.82) is 0 Å². The van der Waals surface area contributed by atoms with Crippen molar-refractivity contribution in [2.75, 3.05) is 0 Å². The Hall–Kier alpha value is -4.51. The van der Waals surface area contributed by atoms with Gasteiger partial charge in [-0.3, -0.25) is 24.2 Å². The molecule has 11 nitrogen and oxygen atoms in total. The number of ketones is 2. The lowest BCUT2D eigenvalue weighted by atomic mass is 9.60. The van der Waals surface area contributed by atoms with Crippen LogP contribution >= 0.6 is 0 Å². The van der Waals surface area contributed by atoms with Gasteiger partial charge >= 0.3 is 0 Å². The molecule has 3 atom stereocenters. The molecule has 0 spiro atoms. The van der Waals surface area contributed by atoms with Crippen LogP contribution in [0, 0.1) is 11.8 Å². The largest absolute Gasteiger partial charge is 0.511 e. The van der Waals surface area contributed by atoms with Crippen LogP contribution in [0.4, 0.5) is 0 Å². The number of aliphatic hydroxyl groups excluding tert-OH is 2. The first-order valence-electron chi connectivity index (χ1n) is 12.9. The number of rotatable bonds is 5. The van der Waals surface area contributed by atoms with Crippen LogP contribution in [0.2, 0.25) is 0 Å². The molecule has 3 aliphatic carbocycles. The summed E-state index contributed by atoms with van der Waals surface area (Å²) in [5.74, 6) is -7.33. The summed E-state index contributed by atoms with van der Waals surface area (Å²) in [6.07, 6.45) is 2.84. The van der Waals surface area contributed by atoms with Crippen molar-refractivity contribution in [3.8, 4) is 5.75 Å². The number of hydrogen-bond donors (Lipinski definition) is 6. The highest BCUT2D eigenvalue weighted by Crippen LogP contribution is 2.52. The molecule has 0 bridgehead atoms. The van der Waals surface area contributed by atoms with E-state index in [1.54, 1.807) is 24.4 Å². The first-order chi connectivity index (χ1) is 18.9. The second-order valence-corrected chi connectivity index (χ2v) is 10.8. The topological polar surface area (TPSA) is 200 Å². The minimum absolute atomic E-state index is 0.0249. The number of aromatic nitrogens is 1. The zero-order valence-electron chi connectivity index (χ0n) is 21.9. The number of amides is 2. The van der Waals surface area contributed by atoms with Crippen molar-refractivity contribution in [2.45, 2.75) is 51.2 Å². The molecule has 1 aromatic carbocycles. The highest BCUT2D eigenvalue weighted by atomic mass is 16.3. The number of hydrogen-bond acceptors (Lipinski definition) is 9. The van der Waals surface area contributed by atoms with Crippen molar-refractivity contribution >= 4 is 23.4 Å². The first kappa shape index (κ1) is 27.1. The van der Waals surface area contributed by atoms with Gasteiger partial charge in [0.1, 0.15) is 22.8 Å². The van der Waals surface area contributed by atoms with Crippen molar-refractivity contribution in [3.63, 3.8) is 0 Å². The fourth-order valence-electron chi connectivity index (χ4n) is 6.16.